The van der Waals surface area contributed by atoms with Crippen LogP contribution in [0.15, 0.2) is 29.2 Å². The summed E-state index contributed by atoms with van der Waals surface area (Å²) >= 11 is 0. The van der Waals surface area contributed by atoms with Gasteiger partial charge in [0.1, 0.15) is 0 Å². The van der Waals surface area contributed by atoms with Crippen molar-refractivity contribution >= 4 is 15.7 Å². The highest BCUT2D eigenvalue weighted by Crippen LogP contribution is 2.12. The van der Waals surface area contributed by atoms with E-state index < -0.39 is 15.7 Å². The average molecular weight is 213 g/mol. The molecule has 0 fully saturated rings. The average Bonchev–Trinajstić information content (AvgIpc) is 2.18. The predicted octanol–water partition coefficient (Wildman–Crippen LogP) is 1.81. The fraction of sp³-hybridized carbons (Fsp3) is 0.222. The number of aromatic carboxylic acids is 1. The third kappa shape index (κ3) is 2.11. The molecular formula is C9H11NO3S. The minimum Gasteiger partial charge on any atom is -0.478 e. The number of nitrogens with one attached hydrogen (secondary N) is 1. The lowest BCUT2D eigenvalue weighted by Crippen LogP contribution is -2.02. The molecule has 0 spiro atoms. The highest BCUT2D eigenvalue weighted by molar-refractivity contribution is 7.92. The number of benzene rings is 1. The van der Waals surface area contributed by atoms with Gasteiger partial charge in [-0.3, -0.25) is 0 Å². The first-order valence-corrected chi connectivity index (χ1v) is 5.80. The van der Waals surface area contributed by atoms with E-state index >= 15 is 0 Å². The second-order valence-electron chi connectivity index (χ2n) is 2.79. The summed E-state index contributed by atoms with van der Waals surface area (Å²) in [7, 11) is -2.73. The molecule has 4 nitrogen and oxygen atoms in total. The normalized spacial score (nSPS) is 14.6. The van der Waals surface area contributed by atoms with Gasteiger partial charge >= 0.3 is 5.97 Å². The van der Waals surface area contributed by atoms with Crippen molar-refractivity contribution in [2.24, 2.45) is 0 Å². The van der Waals surface area contributed by atoms with Crippen molar-refractivity contribution in [1.82, 2.24) is 0 Å². The molecule has 0 saturated heterocycles. The number of hydrogen-bond donors (Lipinski definition) is 2. The lowest BCUT2D eigenvalue weighted by Gasteiger charge is -2.04. The van der Waals surface area contributed by atoms with Crippen LogP contribution < -0.4 is 0 Å². The van der Waals surface area contributed by atoms with Crippen LogP contribution in [0, 0.1) is 4.78 Å². The van der Waals surface area contributed by atoms with E-state index in [2.05, 4.69) is 0 Å². The maximum Gasteiger partial charge on any atom is 0.335 e. The summed E-state index contributed by atoms with van der Waals surface area (Å²) in [6, 6.07) is 5.59. The van der Waals surface area contributed by atoms with Gasteiger partial charge in [0.15, 0.2) is 0 Å². The number of hydrogen-bond acceptors (Lipinski definition) is 3. The Labute approximate surface area is 82.6 Å². The maximum atomic E-state index is 11.6. The zero-order chi connectivity index (χ0) is 10.8. The standard InChI is InChI=1S/C9H11NO3S/c1-2-14(10,13)8-5-3-7(4-6-8)9(11)12/h3-6,10H,2H2,1H3,(H,11,12). The molecule has 5 heteroatoms. The molecule has 1 atom stereocenters. The Morgan fingerprint density at radius 3 is 2.29 bits per heavy atom. The highest BCUT2D eigenvalue weighted by atomic mass is 32.2. The van der Waals surface area contributed by atoms with Crippen LogP contribution >= 0.6 is 0 Å². The first-order chi connectivity index (χ1) is 6.47. The van der Waals surface area contributed by atoms with Gasteiger partial charge in [-0.15, -0.1) is 0 Å². The molecule has 14 heavy (non-hydrogen) atoms. The molecule has 1 aromatic rings. The third-order valence-electron chi connectivity index (χ3n) is 1.89. The van der Waals surface area contributed by atoms with E-state index in [4.69, 9.17) is 9.89 Å². The van der Waals surface area contributed by atoms with E-state index in [9.17, 15) is 9.00 Å². The van der Waals surface area contributed by atoms with Crippen LogP contribution in [-0.2, 0) is 9.73 Å². The number of carboxylic acid groups (broad SMARTS) is 1. The molecule has 0 radical (unpaired) electrons. The second-order valence-corrected chi connectivity index (χ2v) is 5.19. The molecule has 1 rings (SSSR count). The Morgan fingerprint density at radius 2 is 1.93 bits per heavy atom. The lowest BCUT2D eigenvalue weighted by atomic mass is 10.2. The summed E-state index contributed by atoms with van der Waals surface area (Å²) in [6.07, 6.45) is 0. The fourth-order valence-electron chi connectivity index (χ4n) is 0.984. The van der Waals surface area contributed by atoms with Crippen LogP contribution in [-0.4, -0.2) is 21.0 Å². The topological polar surface area (TPSA) is 78.2 Å². The zero-order valence-corrected chi connectivity index (χ0v) is 8.50. The van der Waals surface area contributed by atoms with E-state index in [0.717, 1.165) is 0 Å². The Morgan fingerprint density at radius 1 is 1.43 bits per heavy atom. The van der Waals surface area contributed by atoms with Gasteiger partial charge in [-0.2, -0.15) is 0 Å². The predicted molar refractivity (Wildman–Crippen MR) is 53.1 cm³/mol. The Hall–Kier alpha value is -1.36. The SMILES string of the molecule is CCS(=N)(=O)c1ccc(C(=O)O)cc1. The molecule has 2 N–H and O–H groups in total. The van der Waals surface area contributed by atoms with Crippen LogP contribution in [0.1, 0.15) is 17.3 Å². The second kappa shape index (κ2) is 3.79. The molecule has 0 aliphatic heterocycles. The summed E-state index contributed by atoms with van der Waals surface area (Å²) < 4.78 is 19.0. The molecule has 76 valence electrons. The van der Waals surface area contributed by atoms with Crippen LogP contribution in [0.25, 0.3) is 0 Å². The third-order valence-corrected chi connectivity index (χ3v) is 3.74. The molecule has 0 aliphatic rings. The van der Waals surface area contributed by atoms with Gasteiger partial charge in [0.2, 0.25) is 0 Å². The van der Waals surface area contributed by atoms with Gasteiger partial charge in [-0.1, -0.05) is 6.92 Å². The van der Waals surface area contributed by atoms with Gasteiger partial charge < -0.3 is 5.11 Å². The van der Waals surface area contributed by atoms with Gasteiger partial charge in [-0.05, 0) is 24.3 Å². The summed E-state index contributed by atoms with van der Waals surface area (Å²) in [6.45, 7) is 1.67. The molecule has 1 aromatic carbocycles. The first-order valence-electron chi connectivity index (χ1n) is 4.07. The van der Waals surface area contributed by atoms with E-state index in [1.807, 2.05) is 0 Å². The quantitative estimate of drug-likeness (QED) is 0.803. The van der Waals surface area contributed by atoms with Crippen molar-refractivity contribution in [2.45, 2.75) is 11.8 Å². The van der Waals surface area contributed by atoms with Crippen molar-refractivity contribution in [3.8, 4) is 0 Å². The lowest BCUT2D eigenvalue weighted by molar-refractivity contribution is 0.0697. The summed E-state index contributed by atoms with van der Waals surface area (Å²) in [4.78, 5) is 10.9. The van der Waals surface area contributed by atoms with Crippen molar-refractivity contribution in [3.05, 3.63) is 29.8 Å². The summed E-state index contributed by atoms with van der Waals surface area (Å²) in [5, 5.41) is 8.62. The number of carboxylic acids is 1. The van der Waals surface area contributed by atoms with Crippen LogP contribution in [0.4, 0.5) is 0 Å². The van der Waals surface area contributed by atoms with Gasteiger partial charge in [0.05, 0.1) is 15.3 Å². The van der Waals surface area contributed by atoms with Gasteiger partial charge in [0, 0.05) is 10.6 Å². The monoisotopic (exact) mass is 213 g/mol. The molecule has 0 aromatic heterocycles. The summed E-state index contributed by atoms with van der Waals surface area (Å²) in [5.74, 6) is -0.788. The smallest absolute Gasteiger partial charge is 0.335 e. The Bertz CT molecular complexity index is 434. The van der Waals surface area contributed by atoms with Crippen LogP contribution in [0.3, 0.4) is 0 Å². The molecule has 0 amide bonds. The van der Waals surface area contributed by atoms with E-state index in [0.29, 0.717) is 4.90 Å². The molecule has 1 unspecified atom stereocenters. The van der Waals surface area contributed by atoms with Crippen LogP contribution in [0.5, 0.6) is 0 Å². The number of rotatable bonds is 3. The highest BCUT2D eigenvalue weighted by Gasteiger charge is 2.08. The van der Waals surface area contributed by atoms with Gasteiger partial charge in [-0.25, -0.2) is 13.8 Å². The number of carbonyl (C=O) groups is 1. The first kappa shape index (κ1) is 10.7. The van der Waals surface area contributed by atoms with Crippen molar-refractivity contribution < 1.29 is 14.1 Å². The molecule has 0 saturated carbocycles. The Balaban J connectivity index is 3.12. The largest absolute Gasteiger partial charge is 0.478 e. The van der Waals surface area contributed by atoms with E-state index in [1.165, 1.54) is 24.3 Å². The van der Waals surface area contributed by atoms with Crippen molar-refractivity contribution in [1.29, 1.82) is 4.78 Å². The van der Waals surface area contributed by atoms with Crippen molar-refractivity contribution in [3.63, 3.8) is 0 Å². The summed E-state index contributed by atoms with van der Waals surface area (Å²) in [5.41, 5.74) is 0.139. The molecular weight excluding hydrogens is 202 g/mol. The minimum absolute atomic E-state index is 0.139. The molecule has 0 heterocycles. The minimum atomic E-state index is -2.73. The maximum absolute atomic E-state index is 11.6. The van der Waals surface area contributed by atoms with E-state index in [-0.39, 0.29) is 11.3 Å². The van der Waals surface area contributed by atoms with E-state index in [1.54, 1.807) is 6.92 Å². The van der Waals surface area contributed by atoms with Gasteiger partial charge in [0.25, 0.3) is 0 Å². The molecule has 0 aliphatic carbocycles. The van der Waals surface area contributed by atoms with Crippen molar-refractivity contribution in [2.75, 3.05) is 5.75 Å². The Kier molecular flexibility index (Phi) is 2.90. The van der Waals surface area contributed by atoms with Crippen LogP contribution in [0.2, 0.25) is 0 Å². The molecule has 0 bridgehead atoms. The zero-order valence-electron chi connectivity index (χ0n) is 7.69. The fourth-order valence-corrected chi connectivity index (χ4v) is 1.89.